The highest BCUT2D eigenvalue weighted by atomic mass is 16.2. The Morgan fingerprint density at radius 3 is 2.83 bits per heavy atom. The lowest BCUT2D eigenvalue weighted by Gasteiger charge is -2.24. The zero-order chi connectivity index (χ0) is 16.2. The van der Waals surface area contributed by atoms with Gasteiger partial charge in [-0.2, -0.15) is 5.10 Å². The first kappa shape index (κ1) is 16.5. The van der Waals surface area contributed by atoms with Crippen molar-refractivity contribution in [2.45, 2.75) is 45.3 Å². The van der Waals surface area contributed by atoms with Crippen LogP contribution >= 0.6 is 0 Å². The van der Waals surface area contributed by atoms with E-state index in [0.717, 1.165) is 45.7 Å². The normalized spacial score (nSPS) is 20.0. The summed E-state index contributed by atoms with van der Waals surface area (Å²) in [6.45, 7) is 8.27. The number of rotatable bonds is 6. The van der Waals surface area contributed by atoms with Crippen molar-refractivity contribution >= 4 is 5.91 Å². The molecule has 3 rings (SSSR count). The molecule has 128 valence electrons. The van der Waals surface area contributed by atoms with Crippen molar-refractivity contribution in [3.8, 4) is 0 Å². The second kappa shape index (κ2) is 7.45. The monoisotopic (exact) mass is 319 g/mol. The van der Waals surface area contributed by atoms with Gasteiger partial charge in [0.15, 0.2) is 0 Å². The number of aryl methyl sites for hydroxylation is 1. The Kier molecular flexibility index (Phi) is 5.33. The van der Waals surface area contributed by atoms with Crippen molar-refractivity contribution in [2.24, 2.45) is 0 Å². The maximum Gasteiger partial charge on any atom is 0.236 e. The van der Waals surface area contributed by atoms with E-state index >= 15 is 0 Å². The van der Waals surface area contributed by atoms with Crippen LogP contribution in [-0.4, -0.2) is 76.2 Å². The molecule has 1 saturated heterocycles. The van der Waals surface area contributed by atoms with Crippen LogP contribution in [0.3, 0.4) is 0 Å². The summed E-state index contributed by atoms with van der Waals surface area (Å²) in [7, 11) is 2.07. The zero-order valence-corrected chi connectivity index (χ0v) is 14.4. The third-order valence-corrected chi connectivity index (χ3v) is 4.91. The van der Waals surface area contributed by atoms with Gasteiger partial charge in [0, 0.05) is 57.1 Å². The van der Waals surface area contributed by atoms with Gasteiger partial charge in [-0.15, -0.1) is 0 Å². The van der Waals surface area contributed by atoms with Gasteiger partial charge in [0.2, 0.25) is 5.91 Å². The van der Waals surface area contributed by atoms with Gasteiger partial charge < -0.3 is 4.90 Å². The standard InChI is InChI=1S/C17H29N5O/c1-3-22-13-15(11-18-22)12-20-7-4-8-21(10-9-20)17(23)14-19(2)16-5-6-16/h11,13,16H,3-10,12,14H2,1-2H3. The molecule has 1 saturated carbocycles. The van der Waals surface area contributed by atoms with Gasteiger partial charge in [0.1, 0.15) is 0 Å². The molecule has 0 unspecified atom stereocenters. The molecule has 1 aliphatic heterocycles. The van der Waals surface area contributed by atoms with E-state index < -0.39 is 0 Å². The summed E-state index contributed by atoms with van der Waals surface area (Å²) < 4.78 is 1.97. The Morgan fingerprint density at radius 2 is 2.13 bits per heavy atom. The zero-order valence-electron chi connectivity index (χ0n) is 14.4. The van der Waals surface area contributed by atoms with E-state index in [0.29, 0.717) is 18.5 Å². The fourth-order valence-corrected chi connectivity index (χ4v) is 3.26. The van der Waals surface area contributed by atoms with Gasteiger partial charge in [0.25, 0.3) is 0 Å². The van der Waals surface area contributed by atoms with Gasteiger partial charge in [0.05, 0.1) is 12.7 Å². The Hall–Kier alpha value is -1.40. The lowest BCUT2D eigenvalue weighted by Crippen LogP contribution is -2.41. The van der Waals surface area contributed by atoms with E-state index in [1.165, 1.54) is 18.4 Å². The fraction of sp³-hybridized carbons (Fsp3) is 0.765. The van der Waals surface area contributed by atoms with Crippen LogP contribution in [0, 0.1) is 0 Å². The molecule has 0 spiro atoms. The number of aromatic nitrogens is 2. The van der Waals surface area contributed by atoms with Crippen LogP contribution in [0.2, 0.25) is 0 Å². The predicted octanol–water partition coefficient (Wildman–Crippen LogP) is 1.03. The SMILES string of the molecule is CCn1cc(CN2CCCN(C(=O)CN(C)C3CC3)CC2)cn1. The van der Waals surface area contributed by atoms with Gasteiger partial charge in [-0.25, -0.2) is 0 Å². The summed E-state index contributed by atoms with van der Waals surface area (Å²) in [4.78, 5) is 19.2. The number of carbonyl (C=O) groups excluding carboxylic acids is 1. The molecular formula is C17H29N5O. The van der Waals surface area contributed by atoms with Crippen molar-refractivity contribution < 1.29 is 4.79 Å². The summed E-state index contributed by atoms with van der Waals surface area (Å²) in [6, 6.07) is 0.650. The number of nitrogens with zero attached hydrogens (tertiary/aromatic N) is 5. The van der Waals surface area contributed by atoms with Crippen molar-refractivity contribution in [1.29, 1.82) is 0 Å². The summed E-state index contributed by atoms with van der Waals surface area (Å²) in [6.07, 6.45) is 7.65. The highest BCUT2D eigenvalue weighted by molar-refractivity contribution is 5.78. The molecule has 0 radical (unpaired) electrons. The molecule has 2 aliphatic rings. The van der Waals surface area contributed by atoms with Gasteiger partial charge in [-0.3, -0.25) is 19.3 Å². The van der Waals surface area contributed by atoms with E-state index in [2.05, 4.69) is 35.1 Å². The molecule has 2 fully saturated rings. The largest absolute Gasteiger partial charge is 0.340 e. The molecule has 6 nitrogen and oxygen atoms in total. The van der Waals surface area contributed by atoms with E-state index in [1.807, 2.05) is 15.8 Å². The number of carbonyl (C=O) groups is 1. The Morgan fingerprint density at radius 1 is 1.30 bits per heavy atom. The van der Waals surface area contributed by atoms with Gasteiger partial charge >= 0.3 is 0 Å². The first-order valence-electron chi connectivity index (χ1n) is 8.87. The van der Waals surface area contributed by atoms with Crippen molar-refractivity contribution in [3.63, 3.8) is 0 Å². The Labute approximate surface area is 139 Å². The number of hydrogen-bond donors (Lipinski definition) is 0. The third kappa shape index (κ3) is 4.54. The summed E-state index contributed by atoms with van der Waals surface area (Å²) in [5, 5.41) is 4.34. The van der Waals surface area contributed by atoms with Crippen LogP contribution in [0.5, 0.6) is 0 Å². The molecule has 1 aromatic rings. The molecule has 0 atom stereocenters. The second-order valence-electron chi connectivity index (χ2n) is 6.86. The highest BCUT2D eigenvalue weighted by Crippen LogP contribution is 2.25. The first-order chi connectivity index (χ1) is 11.2. The quantitative estimate of drug-likeness (QED) is 0.786. The lowest BCUT2D eigenvalue weighted by atomic mass is 10.3. The first-order valence-corrected chi connectivity index (χ1v) is 8.87. The third-order valence-electron chi connectivity index (χ3n) is 4.91. The molecule has 23 heavy (non-hydrogen) atoms. The number of likely N-dealkylation sites (N-methyl/N-ethyl adjacent to an activating group) is 1. The van der Waals surface area contributed by atoms with Crippen molar-refractivity contribution in [2.75, 3.05) is 39.8 Å². The number of hydrogen-bond acceptors (Lipinski definition) is 4. The molecule has 1 amide bonds. The second-order valence-corrected chi connectivity index (χ2v) is 6.86. The molecular weight excluding hydrogens is 290 g/mol. The summed E-state index contributed by atoms with van der Waals surface area (Å²) in [5.74, 6) is 0.292. The van der Waals surface area contributed by atoms with Crippen molar-refractivity contribution in [3.05, 3.63) is 18.0 Å². The number of amides is 1. The predicted molar refractivity (Wildman–Crippen MR) is 90.0 cm³/mol. The van der Waals surface area contributed by atoms with Crippen LogP contribution < -0.4 is 0 Å². The van der Waals surface area contributed by atoms with Gasteiger partial charge in [-0.05, 0) is 33.2 Å². The molecule has 1 aliphatic carbocycles. The smallest absolute Gasteiger partial charge is 0.236 e. The van der Waals surface area contributed by atoms with E-state index in [-0.39, 0.29) is 0 Å². The fourth-order valence-electron chi connectivity index (χ4n) is 3.26. The topological polar surface area (TPSA) is 44.6 Å². The van der Waals surface area contributed by atoms with Gasteiger partial charge in [-0.1, -0.05) is 0 Å². The van der Waals surface area contributed by atoms with Crippen LogP contribution in [0.15, 0.2) is 12.4 Å². The molecule has 6 heteroatoms. The maximum absolute atomic E-state index is 12.5. The molecule has 0 aromatic carbocycles. The summed E-state index contributed by atoms with van der Waals surface area (Å²) >= 11 is 0. The van der Waals surface area contributed by atoms with Crippen LogP contribution in [-0.2, 0) is 17.9 Å². The van der Waals surface area contributed by atoms with Crippen molar-refractivity contribution in [1.82, 2.24) is 24.5 Å². The van der Waals surface area contributed by atoms with Crippen LogP contribution in [0.4, 0.5) is 0 Å². The lowest BCUT2D eigenvalue weighted by molar-refractivity contribution is -0.132. The van der Waals surface area contributed by atoms with Crippen LogP contribution in [0.1, 0.15) is 31.7 Å². The maximum atomic E-state index is 12.5. The summed E-state index contributed by atoms with van der Waals surface area (Å²) in [5.41, 5.74) is 1.26. The molecule has 2 heterocycles. The Balaban J connectivity index is 1.47. The molecule has 0 bridgehead atoms. The molecule has 1 aromatic heterocycles. The highest BCUT2D eigenvalue weighted by Gasteiger charge is 2.29. The molecule has 0 N–H and O–H groups in total. The minimum absolute atomic E-state index is 0.292. The average Bonchev–Trinajstić information content (AvgIpc) is 3.32. The minimum atomic E-state index is 0.292. The van der Waals surface area contributed by atoms with Crippen LogP contribution in [0.25, 0.3) is 0 Å². The Bertz CT molecular complexity index is 525. The van der Waals surface area contributed by atoms with E-state index in [4.69, 9.17) is 0 Å². The minimum Gasteiger partial charge on any atom is -0.340 e. The average molecular weight is 319 g/mol. The van der Waals surface area contributed by atoms with E-state index in [1.54, 1.807) is 0 Å². The van der Waals surface area contributed by atoms with E-state index in [9.17, 15) is 4.79 Å².